The molecule has 11 heteroatoms. The standard InChI is InChI=1S/C22H20FN5O4S/c1-3-18(15-8-9-20(27-21(15)29)33(2,31)32)26-22(30)17-10-24-12-19-16(17)11-25-28(19)14-6-4-13(23)5-7-14/h4-12,18H,3H2,1-2H3,(H,26,30)(H,27,29). The molecule has 0 fully saturated rings. The normalized spacial score (nSPS) is 12.6. The van der Waals surface area contributed by atoms with Crippen LogP contribution in [0.5, 0.6) is 0 Å². The molecular formula is C22H20FN5O4S. The number of nitrogens with zero attached hydrogens (tertiary/aromatic N) is 3. The van der Waals surface area contributed by atoms with Crippen LogP contribution in [-0.2, 0) is 9.84 Å². The zero-order chi connectivity index (χ0) is 23.8. The highest BCUT2D eigenvalue weighted by Crippen LogP contribution is 2.22. The third-order valence-electron chi connectivity index (χ3n) is 5.21. The molecule has 1 amide bonds. The lowest BCUT2D eigenvalue weighted by molar-refractivity contribution is 0.0936. The van der Waals surface area contributed by atoms with E-state index in [2.05, 4.69) is 20.4 Å². The Morgan fingerprint density at radius 1 is 1.15 bits per heavy atom. The molecular weight excluding hydrogens is 449 g/mol. The summed E-state index contributed by atoms with van der Waals surface area (Å²) >= 11 is 0. The van der Waals surface area contributed by atoms with Gasteiger partial charge in [-0.15, -0.1) is 0 Å². The molecule has 0 saturated carbocycles. The smallest absolute Gasteiger partial charge is 0.254 e. The second kappa shape index (κ2) is 8.58. The molecule has 170 valence electrons. The average Bonchev–Trinajstić information content (AvgIpc) is 3.21. The van der Waals surface area contributed by atoms with Crippen LogP contribution in [0.25, 0.3) is 16.6 Å². The van der Waals surface area contributed by atoms with Gasteiger partial charge in [0.1, 0.15) is 10.8 Å². The lowest BCUT2D eigenvalue weighted by Gasteiger charge is -2.17. The first kappa shape index (κ1) is 22.3. The predicted molar refractivity (Wildman–Crippen MR) is 119 cm³/mol. The van der Waals surface area contributed by atoms with E-state index in [4.69, 9.17) is 0 Å². The molecule has 4 aromatic rings. The highest BCUT2D eigenvalue weighted by Gasteiger charge is 2.21. The third kappa shape index (κ3) is 4.40. The van der Waals surface area contributed by atoms with Crippen molar-refractivity contribution < 1.29 is 17.6 Å². The summed E-state index contributed by atoms with van der Waals surface area (Å²) in [4.78, 5) is 32.1. The number of pyridine rings is 2. The number of benzene rings is 1. The molecule has 1 aromatic carbocycles. The molecule has 2 N–H and O–H groups in total. The highest BCUT2D eigenvalue weighted by atomic mass is 32.2. The number of hydrogen-bond donors (Lipinski definition) is 2. The number of aromatic amines is 1. The number of aromatic nitrogens is 4. The molecule has 0 radical (unpaired) electrons. The van der Waals surface area contributed by atoms with Crippen LogP contribution < -0.4 is 10.9 Å². The number of sulfone groups is 1. The van der Waals surface area contributed by atoms with Crippen LogP contribution in [0.4, 0.5) is 4.39 Å². The second-order valence-electron chi connectivity index (χ2n) is 7.47. The number of hydrogen-bond acceptors (Lipinski definition) is 6. The van der Waals surface area contributed by atoms with E-state index < -0.39 is 27.3 Å². The van der Waals surface area contributed by atoms with Gasteiger partial charge in [0, 0.05) is 23.4 Å². The molecule has 9 nitrogen and oxygen atoms in total. The number of halogens is 1. The number of nitrogens with one attached hydrogen (secondary N) is 2. The quantitative estimate of drug-likeness (QED) is 0.447. The van der Waals surface area contributed by atoms with Crippen LogP contribution in [0.2, 0.25) is 0 Å². The van der Waals surface area contributed by atoms with Crippen molar-refractivity contribution in [2.24, 2.45) is 0 Å². The van der Waals surface area contributed by atoms with E-state index in [0.29, 0.717) is 23.0 Å². The van der Waals surface area contributed by atoms with Gasteiger partial charge < -0.3 is 10.3 Å². The summed E-state index contributed by atoms with van der Waals surface area (Å²) in [6.07, 6.45) is 5.86. The number of H-pyrrole nitrogens is 1. The van der Waals surface area contributed by atoms with Crippen molar-refractivity contribution >= 4 is 26.6 Å². The van der Waals surface area contributed by atoms with Gasteiger partial charge >= 0.3 is 0 Å². The Labute approximate surface area is 188 Å². The number of fused-ring (bicyclic) bond motifs is 1. The lowest BCUT2D eigenvalue weighted by atomic mass is 10.1. The molecule has 1 unspecified atom stereocenters. The minimum atomic E-state index is -3.57. The van der Waals surface area contributed by atoms with Crippen LogP contribution in [0.1, 0.15) is 35.3 Å². The summed E-state index contributed by atoms with van der Waals surface area (Å²) in [5, 5.41) is 7.45. The van der Waals surface area contributed by atoms with Crippen LogP contribution in [0.3, 0.4) is 0 Å². The first-order chi connectivity index (χ1) is 15.7. The first-order valence-corrected chi connectivity index (χ1v) is 11.9. The number of carbonyl (C=O) groups is 1. The van der Waals surface area contributed by atoms with E-state index in [1.807, 2.05) is 0 Å². The maximum absolute atomic E-state index is 13.3. The maximum atomic E-state index is 13.3. The molecule has 0 aliphatic carbocycles. The largest absolute Gasteiger partial charge is 0.345 e. The predicted octanol–water partition coefficient (Wildman–Crippen LogP) is 2.53. The van der Waals surface area contributed by atoms with Gasteiger partial charge in [-0.05, 0) is 42.8 Å². The van der Waals surface area contributed by atoms with Gasteiger partial charge in [0.15, 0.2) is 9.84 Å². The minimum Gasteiger partial charge on any atom is -0.345 e. The molecule has 1 atom stereocenters. The third-order valence-corrected chi connectivity index (χ3v) is 6.25. The van der Waals surface area contributed by atoms with E-state index in [1.54, 1.807) is 29.9 Å². The second-order valence-corrected chi connectivity index (χ2v) is 9.45. The van der Waals surface area contributed by atoms with Gasteiger partial charge in [-0.25, -0.2) is 17.5 Å². The Balaban J connectivity index is 1.66. The van der Waals surface area contributed by atoms with Crippen molar-refractivity contribution in [3.63, 3.8) is 0 Å². The Hall–Kier alpha value is -3.86. The summed E-state index contributed by atoms with van der Waals surface area (Å²) in [5.74, 6) is -0.844. The van der Waals surface area contributed by atoms with E-state index in [1.165, 1.54) is 36.7 Å². The van der Waals surface area contributed by atoms with E-state index in [-0.39, 0.29) is 22.0 Å². The number of amides is 1. The fraction of sp³-hybridized carbons (Fsp3) is 0.182. The van der Waals surface area contributed by atoms with Gasteiger partial charge in [-0.1, -0.05) is 6.92 Å². The summed E-state index contributed by atoms with van der Waals surface area (Å²) in [7, 11) is -3.57. The Bertz CT molecular complexity index is 1510. The molecule has 0 saturated heterocycles. The van der Waals surface area contributed by atoms with Crippen LogP contribution >= 0.6 is 0 Å². The molecule has 0 aliphatic rings. The molecule has 0 spiro atoms. The van der Waals surface area contributed by atoms with E-state index in [0.717, 1.165) is 6.26 Å². The minimum absolute atomic E-state index is 0.195. The van der Waals surface area contributed by atoms with Crippen molar-refractivity contribution in [1.29, 1.82) is 0 Å². The van der Waals surface area contributed by atoms with Crippen molar-refractivity contribution in [3.8, 4) is 5.69 Å². The molecule has 3 aromatic heterocycles. The van der Waals surface area contributed by atoms with Gasteiger partial charge in [-0.3, -0.25) is 14.6 Å². The van der Waals surface area contributed by atoms with Crippen molar-refractivity contribution in [1.82, 2.24) is 25.1 Å². The summed E-state index contributed by atoms with van der Waals surface area (Å²) < 4.78 is 38.2. The van der Waals surface area contributed by atoms with E-state index >= 15 is 0 Å². The topological polar surface area (TPSA) is 127 Å². The molecule has 0 bridgehead atoms. The zero-order valence-corrected chi connectivity index (χ0v) is 18.6. The monoisotopic (exact) mass is 469 g/mol. The maximum Gasteiger partial charge on any atom is 0.254 e. The highest BCUT2D eigenvalue weighted by molar-refractivity contribution is 7.90. The molecule has 4 rings (SSSR count). The number of carbonyl (C=O) groups excluding carboxylic acids is 1. The summed E-state index contributed by atoms with van der Waals surface area (Å²) in [5.41, 5.74) is 1.06. The number of rotatable bonds is 6. The Morgan fingerprint density at radius 2 is 1.88 bits per heavy atom. The van der Waals surface area contributed by atoms with Crippen molar-refractivity contribution in [2.45, 2.75) is 24.4 Å². The lowest BCUT2D eigenvalue weighted by Crippen LogP contribution is -2.32. The van der Waals surface area contributed by atoms with Crippen molar-refractivity contribution in [2.75, 3.05) is 6.26 Å². The Kier molecular flexibility index (Phi) is 5.81. The fourth-order valence-electron chi connectivity index (χ4n) is 3.50. The summed E-state index contributed by atoms with van der Waals surface area (Å²) in [6.45, 7) is 1.79. The summed E-state index contributed by atoms with van der Waals surface area (Å²) in [6, 6.07) is 7.79. The SMILES string of the molecule is CCC(NC(=O)c1cncc2c1cnn2-c1ccc(F)cc1)c1ccc(S(C)(=O)=O)[nH]c1=O. The zero-order valence-electron chi connectivity index (χ0n) is 17.7. The van der Waals surface area contributed by atoms with Crippen LogP contribution in [-0.4, -0.2) is 40.3 Å². The van der Waals surface area contributed by atoms with Gasteiger partial charge in [-0.2, -0.15) is 5.10 Å². The van der Waals surface area contributed by atoms with Crippen LogP contribution in [0.15, 0.2) is 64.8 Å². The average molecular weight is 469 g/mol. The molecule has 33 heavy (non-hydrogen) atoms. The van der Waals surface area contributed by atoms with Crippen molar-refractivity contribution in [3.05, 3.63) is 82.3 Å². The Morgan fingerprint density at radius 3 is 2.52 bits per heavy atom. The fourth-order valence-corrected chi connectivity index (χ4v) is 4.10. The van der Waals surface area contributed by atoms with Gasteiger partial charge in [0.05, 0.1) is 35.2 Å². The van der Waals surface area contributed by atoms with Gasteiger partial charge in [0.2, 0.25) is 0 Å². The molecule has 3 heterocycles. The first-order valence-electron chi connectivity index (χ1n) is 10.0. The van der Waals surface area contributed by atoms with Gasteiger partial charge in [0.25, 0.3) is 11.5 Å². The van der Waals surface area contributed by atoms with Crippen LogP contribution in [0, 0.1) is 5.82 Å². The molecule has 0 aliphatic heterocycles. The van der Waals surface area contributed by atoms with E-state index in [9.17, 15) is 22.4 Å².